The van der Waals surface area contributed by atoms with Crippen molar-refractivity contribution < 1.29 is 12.8 Å². The smallest absolute Gasteiger partial charge is 0.212 e. The second-order valence-corrected chi connectivity index (χ2v) is 9.34. The molecule has 0 fully saturated rings. The molecule has 1 aromatic carbocycles. The van der Waals surface area contributed by atoms with Crippen molar-refractivity contribution in [3.8, 4) is 5.69 Å². The van der Waals surface area contributed by atoms with Crippen LogP contribution < -0.4 is 4.72 Å². The largest absolute Gasteiger partial charge is 0.237 e. The first-order valence-electron chi connectivity index (χ1n) is 8.53. The molecule has 0 saturated carbocycles. The minimum absolute atomic E-state index is 0.0653. The third-order valence-electron chi connectivity index (χ3n) is 4.55. The van der Waals surface area contributed by atoms with Gasteiger partial charge in [-0.15, -0.1) is 0 Å². The van der Waals surface area contributed by atoms with Crippen LogP contribution >= 0.6 is 0 Å². The van der Waals surface area contributed by atoms with Crippen molar-refractivity contribution in [1.29, 1.82) is 0 Å². The lowest BCUT2D eigenvalue weighted by Crippen LogP contribution is -2.37. The number of hydrogen-bond acceptors (Lipinski definition) is 3. The highest BCUT2D eigenvalue weighted by Crippen LogP contribution is 2.41. The number of rotatable bonds is 5. The molecule has 1 atom stereocenters. The fourth-order valence-corrected chi connectivity index (χ4v) is 4.80. The number of benzene rings is 1. The van der Waals surface area contributed by atoms with Gasteiger partial charge in [0.25, 0.3) is 0 Å². The van der Waals surface area contributed by atoms with Crippen LogP contribution in [0.15, 0.2) is 30.5 Å². The van der Waals surface area contributed by atoms with E-state index in [-0.39, 0.29) is 23.0 Å². The summed E-state index contributed by atoms with van der Waals surface area (Å²) in [6, 6.07) is 5.88. The van der Waals surface area contributed by atoms with Crippen molar-refractivity contribution in [1.82, 2.24) is 14.5 Å². The molecular formula is C18H24FN3O2S. The van der Waals surface area contributed by atoms with Crippen LogP contribution in [0, 0.1) is 11.2 Å². The Bertz CT molecular complexity index is 857. The zero-order valence-electron chi connectivity index (χ0n) is 14.8. The fourth-order valence-electron chi connectivity index (χ4n) is 3.50. The van der Waals surface area contributed by atoms with E-state index in [0.29, 0.717) is 6.42 Å². The molecule has 0 unspecified atom stereocenters. The fraction of sp³-hybridized carbons (Fsp3) is 0.500. The molecule has 1 aromatic heterocycles. The SMILES string of the molecule is CCCS(=O)(=O)N[C@H]1CC(C)(C)Cc2c1cnn2-c1ccc(F)cc1. The average molecular weight is 365 g/mol. The Kier molecular flexibility index (Phi) is 4.72. The summed E-state index contributed by atoms with van der Waals surface area (Å²) in [7, 11) is -3.32. The quantitative estimate of drug-likeness (QED) is 0.884. The summed E-state index contributed by atoms with van der Waals surface area (Å²) < 4.78 is 42.3. The number of fused-ring (bicyclic) bond motifs is 1. The predicted octanol–water partition coefficient (Wildman–Crippen LogP) is 3.35. The predicted molar refractivity (Wildman–Crippen MR) is 95.6 cm³/mol. The van der Waals surface area contributed by atoms with Crippen molar-refractivity contribution in [3.05, 3.63) is 47.5 Å². The van der Waals surface area contributed by atoms with Gasteiger partial charge in [0, 0.05) is 11.3 Å². The number of aromatic nitrogens is 2. The van der Waals surface area contributed by atoms with E-state index in [1.165, 1.54) is 12.1 Å². The third-order valence-corrected chi connectivity index (χ3v) is 6.13. The van der Waals surface area contributed by atoms with Crippen LogP contribution in [0.25, 0.3) is 5.69 Å². The van der Waals surface area contributed by atoms with Gasteiger partial charge in [-0.25, -0.2) is 22.2 Å². The zero-order chi connectivity index (χ0) is 18.2. The second kappa shape index (κ2) is 6.53. The zero-order valence-corrected chi connectivity index (χ0v) is 15.6. The molecule has 1 aliphatic rings. The molecule has 0 amide bonds. The van der Waals surface area contributed by atoms with Crippen LogP contribution in [-0.4, -0.2) is 24.0 Å². The molecule has 0 bridgehead atoms. The molecule has 5 nitrogen and oxygen atoms in total. The highest BCUT2D eigenvalue weighted by atomic mass is 32.2. The molecule has 0 aliphatic heterocycles. The van der Waals surface area contributed by atoms with Crippen LogP contribution in [0.2, 0.25) is 0 Å². The molecule has 136 valence electrons. The summed E-state index contributed by atoms with van der Waals surface area (Å²) in [5.41, 5.74) is 2.59. The molecule has 1 N–H and O–H groups in total. The topological polar surface area (TPSA) is 64.0 Å². The molecule has 0 spiro atoms. The Labute approximate surface area is 148 Å². The maximum absolute atomic E-state index is 13.2. The summed E-state index contributed by atoms with van der Waals surface area (Å²) in [5.74, 6) is -0.180. The highest BCUT2D eigenvalue weighted by molar-refractivity contribution is 7.89. The average Bonchev–Trinajstić information content (AvgIpc) is 2.90. The van der Waals surface area contributed by atoms with E-state index in [2.05, 4.69) is 23.7 Å². The highest BCUT2D eigenvalue weighted by Gasteiger charge is 2.36. The summed E-state index contributed by atoms with van der Waals surface area (Å²) in [4.78, 5) is 0. The van der Waals surface area contributed by atoms with Gasteiger partial charge in [0.05, 0.1) is 23.7 Å². The maximum Gasteiger partial charge on any atom is 0.212 e. The summed E-state index contributed by atoms with van der Waals surface area (Å²) in [6.07, 6.45) is 3.81. The van der Waals surface area contributed by atoms with E-state index >= 15 is 0 Å². The van der Waals surface area contributed by atoms with Crippen LogP contribution in [0.1, 0.15) is 50.9 Å². The monoisotopic (exact) mass is 365 g/mol. The van der Waals surface area contributed by atoms with Crippen molar-refractivity contribution in [2.75, 3.05) is 5.75 Å². The van der Waals surface area contributed by atoms with E-state index in [1.54, 1.807) is 23.0 Å². The van der Waals surface area contributed by atoms with E-state index < -0.39 is 10.0 Å². The van der Waals surface area contributed by atoms with E-state index in [0.717, 1.165) is 29.8 Å². The first kappa shape index (κ1) is 18.1. The molecule has 25 heavy (non-hydrogen) atoms. The van der Waals surface area contributed by atoms with Gasteiger partial charge in [-0.1, -0.05) is 20.8 Å². The normalized spacial score (nSPS) is 19.6. The van der Waals surface area contributed by atoms with Gasteiger partial charge in [-0.05, 0) is 48.9 Å². The van der Waals surface area contributed by atoms with E-state index in [9.17, 15) is 12.8 Å². The lowest BCUT2D eigenvalue weighted by atomic mass is 9.74. The standard InChI is InChI=1S/C18H24FN3O2S/c1-4-9-25(23,24)21-16-10-18(2,3)11-17-15(16)12-20-22(17)14-7-5-13(19)6-8-14/h5-8,12,16,21H,4,9-11H2,1-3H3/t16-/m0/s1. The molecule has 1 aliphatic carbocycles. The van der Waals surface area contributed by atoms with Gasteiger partial charge in [0.15, 0.2) is 0 Å². The molecule has 0 saturated heterocycles. The van der Waals surface area contributed by atoms with Crippen molar-refractivity contribution in [2.45, 2.75) is 46.1 Å². The summed E-state index contributed by atoms with van der Waals surface area (Å²) in [6.45, 7) is 6.10. The maximum atomic E-state index is 13.2. The first-order chi connectivity index (χ1) is 11.7. The van der Waals surface area contributed by atoms with Crippen molar-refractivity contribution in [3.63, 3.8) is 0 Å². The van der Waals surface area contributed by atoms with Gasteiger partial charge in [-0.3, -0.25) is 0 Å². The van der Waals surface area contributed by atoms with Gasteiger partial charge in [0.2, 0.25) is 10.0 Å². The lowest BCUT2D eigenvalue weighted by molar-refractivity contribution is 0.268. The molecule has 1 heterocycles. The number of hydrogen-bond donors (Lipinski definition) is 1. The molecule has 3 rings (SSSR count). The number of sulfonamides is 1. The Morgan fingerprint density at radius 3 is 2.64 bits per heavy atom. The van der Waals surface area contributed by atoms with Crippen molar-refractivity contribution in [2.24, 2.45) is 5.41 Å². The van der Waals surface area contributed by atoms with Crippen LogP contribution in [0.4, 0.5) is 4.39 Å². The first-order valence-corrected chi connectivity index (χ1v) is 10.2. The Morgan fingerprint density at radius 1 is 1.32 bits per heavy atom. The minimum Gasteiger partial charge on any atom is -0.237 e. The van der Waals surface area contributed by atoms with Gasteiger partial charge in [-0.2, -0.15) is 5.10 Å². The molecular weight excluding hydrogens is 341 g/mol. The molecule has 2 aromatic rings. The summed E-state index contributed by atoms with van der Waals surface area (Å²) >= 11 is 0. The second-order valence-electron chi connectivity index (χ2n) is 7.47. The Morgan fingerprint density at radius 2 is 2.00 bits per heavy atom. The van der Waals surface area contributed by atoms with Crippen LogP contribution in [-0.2, 0) is 16.4 Å². The summed E-state index contributed by atoms with van der Waals surface area (Å²) in [5, 5.41) is 4.45. The number of halogens is 1. The van der Waals surface area contributed by atoms with Crippen LogP contribution in [0.3, 0.4) is 0 Å². The van der Waals surface area contributed by atoms with Gasteiger partial charge < -0.3 is 0 Å². The van der Waals surface area contributed by atoms with Crippen LogP contribution in [0.5, 0.6) is 0 Å². The van der Waals surface area contributed by atoms with Gasteiger partial charge >= 0.3 is 0 Å². The Balaban J connectivity index is 2.00. The Hall–Kier alpha value is -1.73. The number of nitrogens with zero attached hydrogens (tertiary/aromatic N) is 2. The van der Waals surface area contributed by atoms with Crippen molar-refractivity contribution >= 4 is 10.0 Å². The lowest BCUT2D eigenvalue weighted by Gasteiger charge is -2.35. The third kappa shape index (κ3) is 3.93. The van der Waals surface area contributed by atoms with Gasteiger partial charge in [0.1, 0.15) is 5.82 Å². The van der Waals surface area contributed by atoms with E-state index in [4.69, 9.17) is 0 Å². The van der Waals surface area contributed by atoms with E-state index in [1.807, 2.05) is 6.92 Å². The molecule has 0 radical (unpaired) electrons. The number of nitrogens with one attached hydrogen (secondary N) is 1. The molecule has 7 heteroatoms. The minimum atomic E-state index is -3.32.